The highest BCUT2D eigenvalue weighted by atomic mass is 16.4. The van der Waals surface area contributed by atoms with Crippen molar-refractivity contribution in [3.8, 4) is 0 Å². The normalized spacial score (nSPS) is 16.4. The van der Waals surface area contributed by atoms with Gasteiger partial charge in [0.25, 0.3) is 0 Å². The smallest absolute Gasteiger partial charge is 0.303 e. The summed E-state index contributed by atoms with van der Waals surface area (Å²) in [6.07, 6.45) is 0.452. The molecule has 0 radical (unpaired) electrons. The molecule has 0 aliphatic carbocycles. The molecule has 1 amide bonds. The van der Waals surface area contributed by atoms with Crippen molar-refractivity contribution >= 4 is 11.9 Å². The van der Waals surface area contributed by atoms with Crippen molar-refractivity contribution in [3.05, 3.63) is 35.9 Å². The number of benzene rings is 1. The fraction of sp³-hybridized carbons (Fsp3) is 0.429. The van der Waals surface area contributed by atoms with E-state index >= 15 is 0 Å². The van der Waals surface area contributed by atoms with Crippen LogP contribution in [0.5, 0.6) is 0 Å². The summed E-state index contributed by atoms with van der Waals surface area (Å²) >= 11 is 0. The molecule has 1 atom stereocenters. The van der Waals surface area contributed by atoms with Crippen molar-refractivity contribution in [1.29, 1.82) is 0 Å². The Morgan fingerprint density at radius 2 is 2.00 bits per heavy atom. The van der Waals surface area contributed by atoms with Crippen LogP contribution in [-0.2, 0) is 9.59 Å². The molecule has 2 rings (SSSR count). The van der Waals surface area contributed by atoms with Crippen molar-refractivity contribution in [1.82, 2.24) is 10.6 Å². The van der Waals surface area contributed by atoms with Crippen LogP contribution in [0, 0.1) is 5.92 Å². The van der Waals surface area contributed by atoms with E-state index < -0.39 is 5.97 Å². The van der Waals surface area contributed by atoms with Crippen LogP contribution in [0.15, 0.2) is 30.3 Å². The number of carbonyl (C=O) groups is 2. The fourth-order valence-electron chi connectivity index (χ4n) is 2.04. The molecule has 0 aromatic heterocycles. The molecule has 19 heavy (non-hydrogen) atoms. The number of carboxylic acids is 1. The Balaban J connectivity index is 2.00. The molecule has 1 unspecified atom stereocenters. The number of carbonyl (C=O) groups excluding carboxylic acids is 1. The number of rotatable bonds is 6. The van der Waals surface area contributed by atoms with E-state index in [9.17, 15) is 9.59 Å². The maximum Gasteiger partial charge on any atom is 0.303 e. The van der Waals surface area contributed by atoms with Gasteiger partial charge in [-0.05, 0) is 12.0 Å². The molecular formula is C14H18N2O3. The Hall–Kier alpha value is -1.88. The molecule has 1 aliphatic heterocycles. The molecule has 0 spiro atoms. The largest absolute Gasteiger partial charge is 0.481 e. The zero-order valence-electron chi connectivity index (χ0n) is 10.6. The Bertz CT molecular complexity index is 443. The molecule has 0 saturated carbocycles. The second-order valence-electron chi connectivity index (χ2n) is 4.76. The van der Waals surface area contributed by atoms with Gasteiger partial charge in [0.2, 0.25) is 5.91 Å². The summed E-state index contributed by atoms with van der Waals surface area (Å²) in [6.45, 7) is 1.40. The van der Waals surface area contributed by atoms with E-state index in [4.69, 9.17) is 5.11 Å². The Kier molecular flexibility index (Phi) is 4.52. The average molecular weight is 262 g/mol. The van der Waals surface area contributed by atoms with Crippen LogP contribution in [0.2, 0.25) is 0 Å². The number of hydrogen-bond donors (Lipinski definition) is 3. The number of amides is 1. The molecule has 1 saturated heterocycles. The molecule has 5 heteroatoms. The lowest BCUT2D eigenvalue weighted by Gasteiger charge is -2.28. The SMILES string of the molecule is O=C(O)CCC(NC(=O)C1CNC1)c1ccccc1. The van der Waals surface area contributed by atoms with Gasteiger partial charge >= 0.3 is 5.97 Å². The quantitative estimate of drug-likeness (QED) is 0.712. The molecule has 1 fully saturated rings. The Labute approximate surface area is 112 Å². The van der Waals surface area contributed by atoms with Crippen molar-refractivity contribution in [2.75, 3.05) is 13.1 Å². The Morgan fingerprint density at radius 3 is 2.53 bits per heavy atom. The first-order valence-corrected chi connectivity index (χ1v) is 6.44. The van der Waals surface area contributed by atoms with Crippen molar-refractivity contribution in [2.24, 2.45) is 5.92 Å². The molecule has 1 heterocycles. The maximum absolute atomic E-state index is 12.0. The van der Waals surface area contributed by atoms with Crippen LogP contribution in [0.3, 0.4) is 0 Å². The number of hydrogen-bond acceptors (Lipinski definition) is 3. The van der Waals surface area contributed by atoms with Crippen molar-refractivity contribution < 1.29 is 14.7 Å². The van der Waals surface area contributed by atoms with Crippen LogP contribution in [0.25, 0.3) is 0 Å². The van der Waals surface area contributed by atoms with Gasteiger partial charge in [-0.15, -0.1) is 0 Å². The van der Waals surface area contributed by atoms with Gasteiger partial charge in [0.15, 0.2) is 0 Å². The van der Waals surface area contributed by atoms with E-state index in [-0.39, 0.29) is 24.3 Å². The highest BCUT2D eigenvalue weighted by Gasteiger charge is 2.27. The van der Waals surface area contributed by atoms with Gasteiger partial charge in [-0.1, -0.05) is 30.3 Å². The second-order valence-corrected chi connectivity index (χ2v) is 4.76. The van der Waals surface area contributed by atoms with Gasteiger partial charge < -0.3 is 15.7 Å². The lowest BCUT2D eigenvalue weighted by Crippen LogP contribution is -2.51. The van der Waals surface area contributed by atoms with Crippen LogP contribution in [0.1, 0.15) is 24.4 Å². The summed E-state index contributed by atoms with van der Waals surface area (Å²) in [7, 11) is 0. The average Bonchev–Trinajstić information content (AvgIpc) is 2.33. The van der Waals surface area contributed by atoms with E-state index in [2.05, 4.69) is 10.6 Å². The van der Waals surface area contributed by atoms with Gasteiger partial charge in [0.05, 0.1) is 12.0 Å². The van der Waals surface area contributed by atoms with E-state index in [0.29, 0.717) is 19.5 Å². The van der Waals surface area contributed by atoms with E-state index in [1.54, 1.807) is 0 Å². The second kappa shape index (κ2) is 6.33. The van der Waals surface area contributed by atoms with Crippen LogP contribution in [0.4, 0.5) is 0 Å². The number of carboxylic acid groups (broad SMARTS) is 1. The minimum Gasteiger partial charge on any atom is -0.481 e. The molecule has 1 aromatic rings. The fourth-order valence-corrected chi connectivity index (χ4v) is 2.04. The summed E-state index contributed by atoms with van der Waals surface area (Å²) in [5.74, 6) is -0.838. The predicted octanol–water partition coefficient (Wildman–Crippen LogP) is 0.928. The van der Waals surface area contributed by atoms with Crippen LogP contribution in [-0.4, -0.2) is 30.1 Å². The minimum atomic E-state index is -0.847. The lowest BCUT2D eigenvalue weighted by molar-refractivity contribution is -0.137. The summed E-state index contributed by atoms with van der Waals surface area (Å²) < 4.78 is 0. The summed E-state index contributed by atoms with van der Waals surface area (Å²) in [5.41, 5.74) is 0.949. The molecule has 1 aromatic carbocycles. The molecule has 5 nitrogen and oxygen atoms in total. The van der Waals surface area contributed by atoms with Crippen molar-refractivity contribution in [3.63, 3.8) is 0 Å². The molecule has 3 N–H and O–H groups in total. The molecule has 102 valence electrons. The molecule has 0 bridgehead atoms. The third-order valence-corrected chi connectivity index (χ3v) is 3.32. The third-order valence-electron chi connectivity index (χ3n) is 3.32. The Morgan fingerprint density at radius 1 is 1.32 bits per heavy atom. The number of nitrogens with one attached hydrogen (secondary N) is 2. The topological polar surface area (TPSA) is 78.4 Å². The van der Waals surface area contributed by atoms with Crippen molar-refractivity contribution in [2.45, 2.75) is 18.9 Å². The highest BCUT2D eigenvalue weighted by Crippen LogP contribution is 2.19. The monoisotopic (exact) mass is 262 g/mol. The summed E-state index contributed by atoms with van der Waals surface area (Å²) in [6, 6.07) is 9.26. The van der Waals surface area contributed by atoms with Gasteiger partial charge in [-0.25, -0.2) is 0 Å². The summed E-state index contributed by atoms with van der Waals surface area (Å²) in [4.78, 5) is 22.7. The minimum absolute atomic E-state index is 0.00186. The van der Waals surface area contributed by atoms with Crippen LogP contribution < -0.4 is 10.6 Å². The first-order chi connectivity index (χ1) is 9.16. The van der Waals surface area contributed by atoms with E-state index in [1.165, 1.54) is 0 Å². The first-order valence-electron chi connectivity index (χ1n) is 6.44. The van der Waals surface area contributed by atoms with Gasteiger partial charge in [-0.2, -0.15) is 0 Å². The standard InChI is InChI=1S/C14H18N2O3/c17-13(18)7-6-12(10-4-2-1-3-5-10)16-14(19)11-8-15-9-11/h1-5,11-12,15H,6-9H2,(H,16,19)(H,17,18). The first kappa shape index (κ1) is 13.5. The maximum atomic E-state index is 12.0. The molecule has 1 aliphatic rings. The molecular weight excluding hydrogens is 244 g/mol. The van der Waals surface area contributed by atoms with Gasteiger partial charge in [0, 0.05) is 19.5 Å². The van der Waals surface area contributed by atoms with Gasteiger partial charge in [0.1, 0.15) is 0 Å². The highest BCUT2D eigenvalue weighted by molar-refractivity contribution is 5.80. The van der Waals surface area contributed by atoms with E-state index in [1.807, 2.05) is 30.3 Å². The summed E-state index contributed by atoms with van der Waals surface area (Å²) in [5, 5.41) is 14.8. The third kappa shape index (κ3) is 3.79. The zero-order valence-corrected chi connectivity index (χ0v) is 10.6. The van der Waals surface area contributed by atoms with Gasteiger partial charge in [-0.3, -0.25) is 9.59 Å². The zero-order chi connectivity index (χ0) is 13.7. The van der Waals surface area contributed by atoms with Crippen LogP contribution >= 0.6 is 0 Å². The predicted molar refractivity (Wildman–Crippen MR) is 70.6 cm³/mol. The number of aliphatic carboxylic acids is 1. The van der Waals surface area contributed by atoms with E-state index in [0.717, 1.165) is 5.56 Å². The lowest BCUT2D eigenvalue weighted by atomic mass is 9.98.